The molecule has 1 aliphatic carbocycles. The summed E-state index contributed by atoms with van der Waals surface area (Å²) in [7, 11) is 0. The molecule has 0 radical (unpaired) electrons. The molecule has 0 spiro atoms. The van der Waals surface area contributed by atoms with Crippen molar-refractivity contribution in [2.45, 2.75) is 84.7 Å². The Kier molecular flexibility index (Phi) is 10.9. The lowest BCUT2D eigenvalue weighted by Crippen LogP contribution is -2.45. The third-order valence-electron chi connectivity index (χ3n) is 6.69. The van der Waals surface area contributed by atoms with E-state index in [-0.39, 0.29) is 21.5 Å². The van der Waals surface area contributed by atoms with Gasteiger partial charge in [-0.1, -0.05) is 54.2 Å². The van der Waals surface area contributed by atoms with E-state index in [0.717, 1.165) is 17.7 Å². The predicted molar refractivity (Wildman–Crippen MR) is 140 cm³/mol. The van der Waals surface area contributed by atoms with E-state index in [2.05, 4.69) is 11.9 Å². The van der Waals surface area contributed by atoms with Gasteiger partial charge in [-0.05, 0) is 38.0 Å². The van der Waals surface area contributed by atoms with Crippen molar-refractivity contribution in [1.29, 1.82) is 10.9 Å². The molecule has 2 rings (SSSR count). The van der Waals surface area contributed by atoms with Crippen LogP contribution < -0.4 is 0 Å². The van der Waals surface area contributed by atoms with Gasteiger partial charge in [0.15, 0.2) is 11.8 Å². The zero-order valence-electron chi connectivity index (χ0n) is 22.0. The van der Waals surface area contributed by atoms with Gasteiger partial charge in [0.05, 0.1) is 22.2 Å². The standard InChI is InChI=1S/C26H36Cl2F2N5O2/c1-15(2)10-17(4)34(14-22(36)23-20(27)12-33-13-21(23)28)25(37)19(11-31)24(26(5,29)30)35(32)18-8-6-16(3)7-9-18/h11-13,15-18,31-32H,6-10,14H2,1-5H3/q+1. The van der Waals surface area contributed by atoms with Crippen LogP contribution in [0.5, 0.6) is 0 Å². The number of pyridine rings is 1. The molecule has 1 unspecified atom stereocenters. The van der Waals surface area contributed by atoms with Crippen molar-refractivity contribution in [2.75, 3.05) is 6.54 Å². The summed E-state index contributed by atoms with van der Waals surface area (Å²) in [6.45, 7) is 7.80. The molecule has 11 heteroatoms. The van der Waals surface area contributed by atoms with Crippen LogP contribution in [0.4, 0.5) is 8.78 Å². The minimum atomic E-state index is -3.57. The van der Waals surface area contributed by atoms with Crippen molar-refractivity contribution in [1.82, 2.24) is 9.88 Å². The Morgan fingerprint density at radius 2 is 1.73 bits per heavy atom. The Labute approximate surface area is 227 Å². The molecule has 1 aliphatic rings. The first-order valence-electron chi connectivity index (χ1n) is 12.5. The topological polar surface area (TPSA) is 101 Å². The van der Waals surface area contributed by atoms with Crippen LogP contribution in [-0.2, 0) is 4.79 Å². The SMILES string of the molecule is CC(C)CC(C)N(CC(=O)c1c(Cl)cncc1Cl)C(=O)C(C=N)=C([N+](=N)C1CCC(C)CC1)C(C)(F)F. The van der Waals surface area contributed by atoms with Crippen molar-refractivity contribution in [3.05, 3.63) is 39.3 Å². The van der Waals surface area contributed by atoms with Crippen molar-refractivity contribution in [3.8, 4) is 0 Å². The van der Waals surface area contributed by atoms with E-state index in [1.165, 1.54) is 12.4 Å². The Balaban J connectivity index is 2.57. The van der Waals surface area contributed by atoms with Crippen LogP contribution >= 0.6 is 23.2 Å². The highest BCUT2D eigenvalue weighted by Crippen LogP contribution is 2.34. The van der Waals surface area contributed by atoms with E-state index in [4.69, 9.17) is 34.1 Å². The number of hydrogen-bond acceptors (Lipinski definition) is 5. The molecule has 0 saturated heterocycles. The van der Waals surface area contributed by atoms with Gasteiger partial charge in [0.25, 0.3) is 11.6 Å². The average molecular weight is 560 g/mol. The van der Waals surface area contributed by atoms with Crippen LogP contribution in [0.15, 0.2) is 23.7 Å². The van der Waals surface area contributed by atoms with Crippen LogP contribution in [-0.4, -0.2) is 57.0 Å². The molecule has 1 atom stereocenters. The number of nitrogens with one attached hydrogen (secondary N) is 2. The lowest BCUT2D eigenvalue weighted by atomic mass is 9.87. The molecule has 204 valence electrons. The first-order valence-corrected chi connectivity index (χ1v) is 13.2. The summed E-state index contributed by atoms with van der Waals surface area (Å²) in [6.07, 6.45) is 6.20. The first kappa shape index (κ1) is 31.0. The van der Waals surface area contributed by atoms with Crippen molar-refractivity contribution >= 4 is 41.1 Å². The van der Waals surface area contributed by atoms with E-state index in [0.29, 0.717) is 43.0 Å². The Morgan fingerprint density at radius 1 is 1.19 bits per heavy atom. The molecule has 37 heavy (non-hydrogen) atoms. The maximum absolute atomic E-state index is 15.0. The smallest absolute Gasteiger partial charge is 0.328 e. The minimum absolute atomic E-state index is 0.00821. The monoisotopic (exact) mass is 558 g/mol. The number of alkyl halides is 2. The summed E-state index contributed by atoms with van der Waals surface area (Å²) < 4.78 is 30.7. The van der Waals surface area contributed by atoms with Crippen molar-refractivity contribution < 1.29 is 23.1 Å². The Morgan fingerprint density at radius 3 is 2.19 bits per heavy atom. The maximum Gasteiger partial charge on any atom is 0.330 e. The van der Waals surface area contributed by atoms with Crippen LogP contribution in [0.25, 0.3) is 0 Å². The summed E-state index contributed by atoms with van der Waals surface area (Å²) >= 11 is 12.3. The summed E-state index contributed by atoms with van der Waals surface area (Å²) in [5, 5.41) is 7.94. The zero-order valence-corrected chi connectivity index (χ0v) is 23.5. The number of carbonyl (C=O) groups is 2. The molecule has 1 amide bonds. The second-order valence-corrected chi connectivity index (χ2v) is 11.2. The molecule has 1 fully saturated rings. The lowest BCUT2D eigenvalue weighted by Gasteiger charge is -2.31. The predicted octanol–water partition coefficient (Wildman–Crippen LogP) is 7.02. The second-order valence-electron chi connectivity index (χ2n) is 10.4. The number of carbonyl (C=O) groups excluding carboxylic acids is 2. The fourth-order valence-electron chi connectivity index (χ4n) is 4.80. The van der Waals surface area contributed by atoms with E-state index in [9.17, 15) is 18.4 Å². The maximum atomic E-state index is 15.0. The highest BCUT2D eigenvalue weighted by Gasteiger charge is 2.47. The van der Waals surface area contributed by atoms with Gasteiger partial charge in [-0.2, -0.15) is 8.78 Å². The normalized spacial score (nSPS) is 19.7. The number of ketones is 1. The van der Waals surface area contributed by atoms with Gasteiger partial charge in [0, 0.05) is 44.4 Å². The number of halogens is 4. The third-order valence-corrected chi connectivity index (χ3v) is 7.26. The average Bonchev–Trinajstić information content (AvgIpc) is 2.79. The van der Waals surface area contributed by atoms with Crippen molar-refractivity contribution in [3.63, 3.8) is 0 Å². The lowest BCUT2D eigenvalue weighted by molar-refractivity contribution is -0.620. The molecule has 1 heterocycles. The molecule has 1 aromatic heterocycles. The van der Waals surface area contributed by atoms with Gasteiger partial charge < -0.3 is 10.3 Å². The number of Topliss-reactive ketones (excluding diaryl/α,β-unsaturated/α-hetero) is 1. The largest absolute Gasteiger partial charge is 0.330 e. The fraction of sp³-hybridized carbons (Fsp3) is 0.615. The highest BCUT2D eigenvalue weighted by atomic mass is 35.5. The highest BCUT2D eigenvalue weighted by molar-refractivity contribution is 6.39. The second kappa shape index (κ2) is 13.0. The molecule has 0 aromatic carbocycles. The summed E-state index contributed by atoms with van der Waals surface area (Å²) in [6, 6.07) is -1.04. The number of rotatable bonds is 11. The molecular weight excluding hydrogens is 523 g/mol. The number of allylic oxidation sites excluding steroid dienone is 1. The molecule has 7 nitrogen and oxygen atoms in total. The van der Waals surface area contributed by atoms with Gasteiger partial charge in [-0.25, -0.2) is 0 Å². The van der Waals surface area contributed by atoms with Gasteiger partial charge in [-0.15, -0.1) is 0 Å². The van der Waals surface area contributed by atoms with E-state index < -0.39 is 47.5 Å². The molecule has 0 aliphatic heterocycles. The van der Waals surface area contributed by atoms with Crippen LogP contribution in [0.1, 0.15) is 77.1 Å². The zero-order chi connectivity index (χ0) is 28.1. The van der Waals surface area contributed by atoms with Crippen molar-refractivity contribution in [2.24, 2.45) is 11.8 Å². The fourth-order valence-corrected chi connectivity index (χ4v) is 5.37. The molecule has 2 N–H and O–H groups in total. The summed E-state index contributed by atoms with van der Waals surface area (Å²) in [4.78, 5) is 32.0. The van der Waals surface area contributed by atoms with Gasteiger partial charge in [-0.3, -0.25) is 14.6 Å². The Hall–Kier alpha value is -2.26. The molecule has 1 saturated carbocycles. The van der Waals surface area contributed by atoms with Crippen LogP contribution in [0.3, 0.4) is 0 Å². The summed E-state index contributed by atoms with van der Waals surface area (Å²) in [5.74, 6) is -4.50. The molecule has 0 bridgehead atoms. The van der Waals surface area contributed by atoms with E-state index in [1.807, 2.05) is 13.8 Å². The third kappa shape index (κ3) is 7.87. The number of amides is 1. The van der Waals surface area contributed by atoms with Crippen LogP contribution in [0, 0.1) is 22.8 Å². The van der Waals surface area contributed by atoms with E-state index in [1.54, 1.807) is 6.92 Å². The van der Waals surface area contributed by atoms with Gasteiger partial charge in [0.2, 0.25) is 0 Å². The Bertz CT molecular complexity index is 1040. The minimum Gasteiger partial charge on any atom is -0.328 e. The molecular formula is C26H36Cl2F2N5O2+. The molecule has 1 aromatic rings. The number of aromatic nitrogens is 1. The first-order chi connectivity index (χ1) is 17.2. The quantitative estimate of drug-likeness (QED) is 0.100. The number of nitrogens with zero attached hydrogens (tertiary/aromatic N) is 3. The number of hydrogen-bond donors (Lipinski definition) is 2. The van der Waals surface area contributed by atoms with Gasteiger partial charge in [0.1, 0.15) is 5.57 Å². The van der Waals surface area contributed by atoms with Crippen LogP contribution in [0.2, 0.25) is 10.0 Å². The van der Waals surface area contributed by atoms with Gasteiger partial charge >= 0.3 is 5.92 Å². The van der Waals surface area contributed by atoms with E-state index >= 15 is 0 Å². The summed E-state index contributed by atoms with van der Waals surface area (Å²) in [5.41, 5.74) is 7.11.